The molecule has 1 atom stereocenters. The molecule has 0 spiro atoms. The average Bonchev–Trinajstić information content (AvgIpc) is 3.33. The second-order valence-corrected chi connectivity index (χ2v) is 16.3. The van der Waals surface area contributed by atoms with E-state index in [9.17, 15) is 0 Å². The SMILES string of the molecule is Cc1c2c3c(nc(-c4ccccc4)c2c(C)c2c1c(-c1ccccc1)nc1ccccc12)C=C(c1ccc(-c2nc(-c4ccccc4)cc(-c4ccccc4)n2)cc1)CC3C. The van der Waals surface area contributed by atoms with Crippen molar-refractivity contribution in [1.82, 2.24) is 19.9 Å². The van der Waals surface area contributed by atoms with Gasteiger partial charge in [-0.25, -0.2) is 19.9 Å². The van der Waals surface area contributed by atoms with E-state index in [2.05, 4.69) is 191 Å². The first-order valence-corrected chi connectivity index (χ1v) is 21.1. The van der Waals surface area contributed by atoms with Crippen LogP contribution in [0.3, 0.4) is 0 Å². The largest absolute Gasteiger partial charge is 0.247 e. The Morgan fingerprint density at radius 1 is 0.426 bits per heavy atom. The van der Waals surface area contributed by atoms with E-state index in [0.717, 1.165) is 68.2 Å². The molecule has 3 heterocycles. The maximum atomic E-state index is 5.64. The van der Waals surface area contributed by atoms with Crippen molar-refractivity contribution in [3.63, 3.8) is 0 Å². The molecule has 1 unspecified atom stereocenters. The molecule has 0 N–H and O–H groups in total. The zero-order chi connectivity index (χ0) is 41.0. The lowest BCUT2D eigenvalue weighted by Gasteiger charge is -2.28. The fourth-order valence-electron chi connectivity index (χ4n) is 9.59. The molecule has 0 radical (unpaired) electrons. The Hall–Kier alpha value is -7.56. The third-order valence-corrected chi connectivity index (χ3v) is 12.5. The van der Waals surface area contributed by atoms with Gasteiger partial charge in [-0.05, 0) is 83.0 Å². The van der Waals surface area contributed by atoms with Gasteiger partial charge in [0.15, 0.2) is 5.82 Å². The molecule has 0 fully saturated rings. The van der Waals surface area contributed by atoms with Gasteiger partial charge in [0.2, 0.25) is 0 Å². The van der Waals surface area contributed by atoms with Crippen molar-refractivity contribution >= 4 is 44.1 Å². The molecule has 7 aromatic carbocycles. The minimum Gasteiger partial charge on any atom is -0.247 e. The topological polar surface area (TPSA) is 51.6 Å². The maximum absolute atomic E-state index is 5.64. The second-order valence-electron chi connectivity index (χ2n) is 16.3. The van der Waals surface area contributed by atoms with Crippen LogP contribution in [0, 0.1) is 13.8 Å². The number of benzene rings is 7. The molecule has 290 valence electrons. The smallest absolute Gasteiger partial charge is 0.160 e. The van der Waals surface area contributed by atoms with Crippen LogP contribution in [0.1, 0.15) is 47.2 Å². The monoisotopic (exact) mass is 782 g/mol. The van der Waals surface area contributed by atoms with Crippen LogP contribution in [0.25, 0.3) is 101 Å². The molecule has 0 aliphatic heterocycles. The van der Waals surface area contributed by atoms with Crippen molar-refractivity contribution < 1.29 is 0 Å². The van der Waals surface area contributed by atoms with E-state index in [1.165, 1.54) is 54.8 Å². The summed E-state index contributed by atoms with van der Waals surface area (Å²) < 4.78 is 0. The fourth-order valence-corrected chi connectivity index (χ4v) is 9.59. The van der Waals surface area contributed by atoms with E-state index in [1.54, 1.807) is 0 Å². The molecule has 0 amide bonds. The van der Waals surface area contributed by atoms with Gasteiger partial charge in [0, 0.05) is 44.0 Å². The number of rotatable bonds is 6. The summed E-state index contributed by atoms with van der Waals surface area (Å²) in [5, 5.41) is 6.16. The number of nitrogens with zero attached hydrogens (tertiary/aromatic N) is 4. The summed E-state index contributed by atoms with van der Waals surface area (Å²) in [4.78, 5) is 21.2. The van der Waals surface area contributed by atoms with Crippen molar-refractivity contribution in [2.75, 3.05) is 0 Å². The van der Waals surface area contributed by atoms with Crippen molar-refractivity contribution in [1.29, 1.82) is 0 Å². The van der Waals surface area contributed by atoms with Crippen molar-refractivity contribution in [3.05, 3.63) is 204 Å². The first kappa shape index (κ1) is 36.5. The number of para-hydroxylation sites is 1. The molecular weight excluding hydrogens is 741 g/mol. The molecule has 0 saturated carbocycles. The van der Waals surface area contributed by atoms with Gasteiger partial charge in [-0.15, -0.1) is 0 Å². The molecule has 4 heteroatoms. The fraction of sp³-hybridized carbons (Fsp3) is 0.0877. The molecule has 11 rings (SSSR count). The molecule has 0 bridgehead atoms. The van der Waals surface area contributed by atoms with E-state index >= 15 is 0 Å². The van der Waals surface area contributed by atoms with Gasteiger partial charge in [-0.3, -0.25) is 0 Å². The van der Waals surface area contributed by atoms with Crippen LogP contribution in [0.2, 0.25) is 0 Å². The van der Waals surface area contributed by atoms with Gasteiger partial charge in [-0.2, -0.15) is 0 Å². The van der Waals surface area contributed by atoms with Gasteiger partial charge in [0.1, 0.15) is 0 Å². The highest BCUT2D eigenvalue weighted by Crippen LogP contribution is 2.49. The molecule has 0 saturated heterocycles. The van der Waals surface area contributed by atoms with Crippen LogP contribution in [-0.2, 0) is 0 Å². The number of hydrogen-bond donors (Lipinski definition) is 0. The van der Waals surface area contributed by atoms with Crippen LogP contribution >= 0.6 is 0 Å². The third kappa shape index (κ3) is 6.31. The number of aromatic nitrogens is 4. The summed E-state index contributed by atoms with van der Waals surface area (Å²) in [7, 11) is 0. The van der Waals surface area contributed by atoms with Crippen LogP contribution in [0.5, 0.6) is 0 Å². The number of hydrogen-bond acceptors (Lipinski definition) is 4. The predicted octanol–water partition coefficient (Wildman–Crippen LogP) is 14.7. The highest BCUT2D eigenvalue weighted by molar-refractivity contribution is 6.22. The average molecular weight is 783 g/mol. The molecule has 3 aromatic heterocycles. The van der Waals surface area contributed by atoms with Crippen LogP contribution in [-0.4, -0.2) is 19.9 Å². The Morgan fingerprint density at radius 2 is 0.902 bits per heavy atom. The summed E-state index contributed by atoms with van der Waals surface area (Å²) >= 11 is 0. The zero-order valence-electron chi connectivity index (χ0n) is 34.4. The standard InChI is InChI=1S/C57H42N4/c1-35-32-44(38-28-30-43(31-29-38)57-60-47(39-18-8-4-9-19-39)34-48(61-57)40-20-10-5-11-21-40)33-49-50(35)52-37(3)53-51(36(2)54(52)56(59-49)42-24-14-7-15-25-42)45-26-16-17-27-46(45)58-55(53)41-22-12-6-13-23-41/h4-31,33-35H,32H2,1-3H3. The van der Waals surface area contributed by atoms with Crippen LogP contribution in [0.4, 0.5) is 0 Å². The lowest BCUT2D eigenvalue weighted by molar-refractivity contribution is 0.784. The second kappa shape index (κ2) is 14.9. The molecular formula is C57H42N4. The molecule has 61 heavy (non-hydrogen) atoms. The highest BCUT2D eigenvalue weighted by Gasteiger charge is 2.29. The first-order valence-electron chi connectivity index (χ1n) is 21.1. The minimum absolute atomic E-state index is 0.220. The molecule has 4 nitrogen and oxygen atoms in total. The normalized spacial score (nSPS) is 13.7. The van der Waals surface area contributed by atoms with Crippen molar-refractivity contribution in [2.24, 2.45) is 0 Å². The molecule has 10 aromatic rings. The summed E-state index contributed by atoms with van der Waals surface area (Å²) in [6, 6.07) is 61.5. The minimum atomic E-state index is 0.220. The lowest BCUT2D eigenvalue weighted by Crippen LogP contribution is -2.10. The van der Waals surface area contributed by atoms with E-state index in [4.69, 9.17) is 19.9 Å². The summed E-state index contributed by atoms with van der Waals surface area (Å²) in [5.74, 6) is 0.928. The van der Waals surface area contributed by atoms with Crippen molar-refractivity contribution in [3.8, 4) is 56.4 Å². The quantitative estimate of drug-likeness (QED) is 0.124. The molecule has 1 aliphatic carbocycles. The number of allylic oxidation sites excluding steroid dienone is 1. The van der Waals surface area contributed by atoms with E-state index < -0.39 is 0 Å². The maximum Gasteiger partial charge on any atom is 0.160 e. The number of fused-ring (bicyclic) bond motifs is 6. The highest BCUT2D eigenvalue weighted by atomic mass is 14.9. The molecule has 1 aliphatic rings. The Balaban J connectivity index is 1.10. The first-order chi connectivity index (χ1) is 30.0. The lowest BCUT2D eigenvalue weighted by atomic mass is 9.78. The third-order valence-electron chi connectivity index (χ3n) is 12.5. The predicted molar refractivity (Wildman–Crippen MR) is 254 cm³/mol. The Morgan fingerprint density at radius 3 is 1.49 bits per heavy atom. The number of pyridine rings is 2. The van der Waals surface area contributed by atoms with Crippen molar-refractivity contribution in [2.45, 2.75) is 33.1 Å². The Kier molecular flexibility index (Phi) is 8.93. The van der Waals surface area contributed by atoms with Gasteiger partial charge >= 0.3 is 0 Å². The van der Waals surface area contributed by atoms with Gasteiger partial charge in [0.25, 0.3) is 0 Å². The van der Waals surface area contributed by atoms with Gasteiger partial charge < -0.3 is 0 Å². The van der Waals surface area contributed by atoms with Crippen LogP contribution < -0.4 is 0 Å². The van der Waals surface area contributed by atoms with E-state index in [1.807, 2.05) is 12.1 Å². The summed E-state index contributed by atoms with van der Waals surface area (Å²) in [5.41, 5.74) is 17.5. The van der Waals surface area contributed by atoms with E-state index in [-0.39, 0.29) is 5.92 Å². The number of aryl methyl sites for hydroxylation is 2. The zero-order valence-corrected chi connectivity index (χ0v) is 34.4. The van der Waals surface area contributed by atoms with Gasteiger partial charge in [-0.1, -0.05) is 171 Å². The van der Waals surface area contributed by atoms with E-state index in [0.29, 0.717) is 5.82 Å². The van der Waals surface area contributed by atoms with Crippen LogP contribution in [0.15, 0.2) is 176 Å². The Bertz CT molecular complexity index is 3260. The van der Waals surface area contributed by atoms with Gasteiger partial charge in [0.05, 0.1) is 34.0 Å². The summed E-state index contributed by atoms with van der Waals surface area (Å²) in [6.45, 7) is 6.97. The summed E-state index contributed by atoms with van der Waals surface area (Å²) in [6.07, 6.45) is 3.23. The Labute approximate surface area is 356 Å².